The van der Waals surface area contributed by atoms with E-state index >= 15 is 0 Å². The molecule has 3 aromatic rings. The Hall–Kier alpha value is -2.93. The van der Waals surface area contributed by atoms with Gasteiger partial charge in [-0.2, -0.15) is 0 Å². The van der Waals surface area contributed by atoms with Crippen molar-refractivity contribution in [2.75, 3.05) is 18.4 Å². The van der Waals surface area contributed by atoms with Crippen LogP contribution in [-0.2, 0) is 11.3 Å². The van der Waals surface area contributed by atoms with Crippen molar-refractivity contribution in [2.45, 2.75) is 40.7 Å². The number of anilines is 1. The Bertz CT molecular complexity index is 908. The van der Waals surface area contributed by atoms with Crippen molar-refractivity contribution in [3.63, 3.8) is 0 Å². The summed E-state index contributed by atoms with van der Waals surface area (Å²) >= 11 is 0. The van der Waals surface area contributed by atoms with Crippen LogP contribution in [0.3, 0.4) is 0 Å². The zero-order valence-electron chi connectivity index (χ0n) is 16.8. The first-order chi connectivity index (χ1) is 13.5. The molecule has 7 heteroatoms. The van der Waals surface area contributed by atoms with E-state index in [4.69, 9.17) is 8.83 Å². The molecule has 148 valence electrons. The molecule has 0 bridgehead atoms. The van der Waals surface area contributed by atoms with Crippen molar-refractivity contribution >= 4 is 11.6 Å². The van der Waals surface area contributed by atoms with Gasteiger partial charge in [-0.1, -0.05) is 24.6 Å². The summed E-state index contributed by atoms with van der Waals surface area (Å²) < 4.78 is 10.9. The number of carbonyl (C=O) groups excluding carboxylic acids is 1. The topological polar surface area (TPSA) is 84.4 Å². The average Bonchev–Trinajstić information content (AvgIpc) is 3.29. The molecule has 0 spiro atoms. The molecule has 2 aromatic heterocycles. The Labute approximate surface area is 164 Å². The van der Waals surface area contributed by atoms with Gasteiger partial charge in [0, 0.05) is 5.69 Å². The Morgan fingerprint density at radius 1 is 1.18 bits per heavy atom. The normalized spacial score (nSPS) is 11.2. The minimum absolute atomic E-state index is 0.0609. The number of aryl methyl sites for hydroxylation is 3. The molecule has 0 saturated carbocycles. The van der Waals surface area contributed by atoms with E-state index in [-0.39, 0.29) is 12.5 Å². The second kappa shape index (κ2) is 8.84. The Kier molecular flexibility index (Phi) is 6.26. The number of rotatable bonds is 8. The largest absolute Gasteiger partial charge is 0.459 e. The van der Waals surface area contributed by atoms with Crippen LogP contribution in [0, 0.1) is 20.8 Å². The molecule has 3 rings (SSSR count). The minimum Gasteiger partial charge on any atom is -0.459 e. The maximum Gasteiger partial charge on any atom is 0.283 e. The van der Waals surface area contributed by atoms with Crippen LogP contribution < -0.4 is 5.32 Å². The Morgan fingerprint density at radius 3 is 2.57 bits per heavy atom. The second-order valence-electron chi connectivity index (χ2n) is 7.01. The van der Waals surface area contributed by atoms with Gasteiger partial charge in [0.15, 0.2) is 5.76 Å². The van der Waals surface area contributed by atoms with Crippen molar-refractivity contribution < 1.29 is 13.6 Å². The van der Waals surface area contributed by atoms with Gasteiger partial charge in [-0.3, -0.25) is 9.69 Å². The highest BCUT2D eigenvalue weighted by Crippen LogP contribution is 2.22. The van der Waals surface area contributed by atoms with E-state index in [0.29, 0.717) is 24.1 Å². The van der Waals surface area contributed by atoms with Crippen LogP contribution in [-0.4, -0.2) is 34.1 Å². The molecule has 7 nitrogen and oxygen atoms in total. The lowest BCUT2D eigenvalue weighted by molar-refractivity contribution is -0.117. The monoisotopic (exact) mass is 382 g/mol. The summed E-state index contributed by atoms with van der Waals surface area (Å²) in [6.07, 6.45) is 2.47. The van der Waals surface area contributed by atoms with Crippen molar-refractivity contribution in [1.29, 1.82) is 0 Å². The first kappa shape index (κ1) is 19.8. The first-order valence-electron chi connectivity index (χ1n) is 9.42. The van der Waals surface area contributed by atoms with Gasteiger partial charge in [-0.15, -0.1) is 10.2 Å². The van der Waals surface area contributed by atoms with Crippen LogP contribution in [0.2, 0.25) is 0 Å². The molecule has 2 heterocycles. The number of carbonyl (C=O) groups is 1. The van der Waals surface area contributed by atoms with E-state index in [1.165, 1.54) is 5.56 Å². The highest BCUT2D eigenvalue weighted by atomic mass is 16.4. The summed E-state index contributed by atoms with van der Waals surface area (Å²) in [5.41, 5.74) is 4.19. The molecule has 0 saturated heterocycles. The SMILES string of the molecule is CCCN(CC(=O)Nc1c(C)cc(C)cc1C)Cc1nnc(-c2ccco2)o1. The fourth-order valence-corrected chi connectivity index (χ4v) is 3.30. The molecule has 0 atom stereocenters. The number of nitrogens with zero attached hydrogens (tertiary/aromatic N) is 3. The quantitative estimate of drug-likeness (QED) is 0.631. The maximum absolute atomic E-state index is 12.6. The Balaban J connectivity index is 1.65. The van der Waals surface area contributed by atoms with Crippen molar-refractivity contribution in [2.24, 2.45) is 0 Å². The summed E-state index contributed by atoms with van der Waals surface area (Å²) in [5.74, 6) is 1.26. The lowest BCUT2D eigenvalue weighted by Crippen LogP contribution is -2.33. The van der Waals surface area contributed by atoms with E-state index in [0.717, 1.165) is 29.8 Å². The zero-order chi connectivity index (χ0) is 20.1. The van der Waals surface area contributed by atoms with Gasteiger partial charge in [-0.25, -0.2) is 0 Å². The summed E-state index contributed by atoms with van der Waals surface area (Å²) in [4.78, 5) is 14.6. The molecule has 0 aliphatic carbocycles. The molecule has 0 fully saturated rings. The molecular formula is C21H26N4O3. The average molecular weight is 382 g/mol. The third-order valence-corrected chi connectivity index (χ3v) is 4.41. The van der Waals surface area contributed by atoms with E-state index in [2.05, 4.69) is 41.5 Å². The molecule has 1 amide bonds. The highest BCUT2D eigenvalue weighted by molar-refractivity contribution is 5.93. The van der Waals surface area contributed by atoms with E-state index < -0.39 is 0 Å². The van der Waals surface area contributed by atoms with Gasteiger partial charge >= 0.3 is 0 Å². The highest BCUT2D eigenvalue weighted by Gasteiger charge is 2.17. The number of benzene rings is 1. The summed E-state index contributed by atoms with van der Waals surface area (Å²) in [7, 11) is 0. The van der Waals surface area contributed by atoms with Crippen LogP contribution in [0.15, 0.2) is 39.4 Å². The van der Waals surface area contributed by atoms with Gasteiger partial charge in [0.05, 0.1) is 19.4 Å². The minimum atomic E-state index is -0.0609. The number of nitrogens with one attached hydrogen (secondary N) is 1. The number of amides is 1. The summed E-state index contributed by atoms with van der Waals surface area (Å²) in [6, 6.07) is 7.67. The third-order valence-electron chi connectivity index (χ3n) is 4.41. The van der Waals surface area contributed by atoms with Crippen LogP contribution in [0.4, 0.5) is 5.69 Å². The van der Waals surface area contributed by atoms with Gasteiger partial charge in [0.25, 0.3) is 5.89 Å². The first-order valence-corrected chi connectivity index (χ1v) is 9.42. The number of hydrogen-bond acceptors (Lipinski definition) is 6. The molecule has 0 unspecified atom stereocenters. The van der Waals surface area contributed by atoms with E-state index in [1.807, 2.05) is 18.7 Å². The number of furan rings is 1. The van der Waals surface area contributed by atoms with Gasteiger partial charge < -0.3 is 14.2 Å². The predicted molar refractivity (Wildman–Crippen MR) is 107 cm³/mol. The molecule has 0 aliphatic rings. The van der Waals surface area contributed by atoms with E-state index in [1.54, 1.807) is 18.4 Å². The van der Waals surface area contributed by atoms with Gasteiger partial charge in [0.2, 0.25) is 11.8 Å². The predicted octanol–water partition coefficient (Wildman–Crippen LogP) is 4.11. The van der Waals surface area contributed by atoms with E-state index in [9.17, 15) is 4.79 Å². The molecule has 0 radical (unpaired) electrons. The van der Waals surface area contributed by atoms with Crippen molar-refractivity contribution in [1.82, 2.24) is 15.1 Å². The summed E-state index contributed by atoms with van der Waals surface area (Å²) in [6.45, 7) is 9.54. The molecule has 1 aromatic carbocycles. The van der Waals surface area contributed by atoms with Crippen LogP contribution >= 0.6 is 0 Å². The molecule has 1 N–H and O–H groups in total. The molecule has 0 aliphatic heterocycles. The summed E-state index contributed by atoms with van der Waals surface area (Å²) in [5, 5.41) is 11.1. The van der Waals surface area contributed by atoms with Crippen LogP contribution in [0.1, 0.15) is 35.9 Å². The molecule has 28 heavy (non-hydrogen) atoms. The zero-order valence-corrected chi connectivity index (χ0v) is 16.8. The smallest absolute Gasteiger partial charge is 0.283 e. The number of aromatic nitrogens is 2. The maximum atomic E-state index is 12.6. The van der Waals surface area contributed by atoms with Gasteiger partial charge in [-0.05, 0) is 57.0 Å². The molecular weight excluding hydrogens is 356 g/mol. The van der Waals surface area contributed by atoms with Crippen molar-refractivity contribution in [3.8, 4) is 11.7 Å². The number of hydrogen-bond donors (Lipinski definition) is 1. The third kappa shape index (κ3) is 4.86. The van der Waals surface area contributed by atoms with Gasteiger partial charge in [0.1, 0.15) is 0 Å². The second-order valence-corrected chi connectivity index (χ2v) is 7.01. The lowest BCUT2D eigenvalue weighted by Gasteiger charge is -2.20. The fraction of sp³-hybridized carbons (Fsp3) is 0.381. The van der Waals surface area contributed by atoms with Crippen molar-refractivity contribution in [3.05, 3.63) is 53.1 Å². The fourth-order valence-electron chi connectivity index (χ4n) is 3.30. The standard InChI is InChI=1S/C21H26N4O3/c1-5-8-25(13-19-23-24-21(28-19)17-7-6-9-27-17)12-18(26)22-20-15(3)10-14(2)11-16(20)4/h6-7,9-11H,5,8,12-13H2,1-4H3,(H,22,26). The lowest BCUT2D eigenvalue weighted by atomic mass is 10.1. The van der Waals surface area contributed by atoms with Crippen LogP contribution in [0.5, 0.6) is 0 Å². The Morgan fingerprint density at radius 2 is 1.93 bits per heavy atom. The van der Waals surface area contributed by atoms with Crippen LogP contribution in [0.25, 0.3) is 11.7 Å².